The molecule has 0 spiro atoms. The fraction of sp³-hybridized carbons (Fsp3) is 0.357. The predicted octanol–water partition coefficient (Wildman–Crippen LogP) is 2.53. The van der Waals surface area contributed by atoms with Crippen molar-refractivity contribution in [3.8, 4) is 11.5 Å². The van der Waals surface area contributed by atoms with Gasteiger partial charge in [0.25, 0.3) is 0 Å². The summed E-state index contributed by atoms with van der Waals surface area (Å²) in [4.78, 5) is 0. The van der Waals surface area contributed by atoms with Crippen molar-refractivity contribution in [2.24, 2.45) is 0 Å². The molecule has 2 aromatic rings. The van der Waals surface area contributed by atoms with Gasteiger partial charge in [0.2, 0.25) is 0 Å². The Morgan fingerprint density at radius 2 is 2.05 bits per heavy atom. The summed E-state index contributed by atoms with van der Waals surface area (Å²) >= 11 is 0. The molecular weight excluding hydrogens is 242 g/mol. The van der Waals surface area contributed by atoms with Gasteiger partial charge in [-0.25, -0.2) is 0 Å². The largest absolute Gasteiger partial charge is 0.497 e. The maximum atomic E-state index is 5.35. The molecule has 0 saturated carbocycles. The van der Waals surface area contributed by atoms with E-state index < -0.39 is 0 Å². The molecule has 0 radical (unpaired) electrons. The third-order valence-corrected chi connectivity index (χ3v) is 2.97. The molecule has 19 heavy (non-hydrogen) atoms. The summed E-state index contributed by atoms with van der Waals surface area (Å²) in [5.74, 6) is 1.54. The van der Waals surface area contributed by atoms with E-state index in [1.165, 1.54) is 0 Å². The van der Waals surface area contributed by atoms with Crippen molar-refractivity contribution in [3.05, 3.63) is 36.2 Å². The summed E-state index contributed by atoms with van der Waals surface area (Å²) in [7, 11) is 3.29. The zero-order valence-electron chi connectivity index (χ0n) is 11.5. The van der Waals surface area contributed by atoms with E-state index in [9.17, 15) is 0 Å². The van der Waals surface area contributed by atoms with Gasteiger partial charge >= 0.3 is 0 Å². The molecule has 0 aliphatic rings. The van der Waals surface area contributed by atoms with Crippen LogP contribution in [0.5, 0.6) is 11.5 Å². The molecule has 0 atom stereocenters. The molecular formula is C14H19N3O2. The van der Waals surface area contributed by atoms with E-state index in [0.29, 0.717) is 6.54 Å². The number of ether oxygens (including phenoxy) is 2. The van der Waals surface area contributed by atoms with Crippen LogP contribution in [0, 0.1) is 0 Å². The summed E-state index contributed by atoms with van der Waals surface area (Å²) in [6.07, 6.45) is 1.81. The quantitative estimate of drug-likeness (QED) is 0.868. The number of nitrogens with one attached hydrogen (secondary N) is 1. The second kappa shape index (κ2) is 6.13. The van der Waals surface area contributed by atoms with Gasteiger partial charge in [0, 0.05) is 18.8 Å². The van der Waals surface area contributed by atoms with Crippen LogP contribution in [-0.4, -0.2) is 24.0 Å². The second-order valence-electron chi connectivity index (χ2n) is 4.06. The molecule has 2 rings (SSSR count). The normalized spacial score (nSPS) is 10.3. The van der Waals surface area contributed by atoms with Gasteiger partial charge in [-0.1, -0.05) is 0 Å². The van der Waals surface area contributed by atoms with Crippen LogP contribution in [0.25, 0.3) is 0 Å². The minimum absolute atomic E-state index is 0.705. The summed E-state index contributed by atoms with van der Waals surface area (Å²) in [6.45, 7) is 3.64. The Kier molecular flexibility index (Phi) is 4.28. The predicted molar refractivity (Wildman–Crippen MR) is 74.8 cm³/mol. The van der Waals surface area contributed by atoms with E-state index in [1.807, 2.05) is 35.1 Å². The van der Waals surface area contributed by atoms with Crippen molar-refractivity contribution < 1.29 is 9.47 Å². The van der Waals surface area contributed by atoms with Gasteiger partial charge in [0.05, 0.1) is 32.1 Å². The number of methoxy groups -OCH3 is 2. The molecule has 0 amide bonds. The molecule has 0 aliphatic carbocycles. The minimum atomic E-state index is 0.705. The highest BCUT2D eigenvalue weighted by Gasteiger charge is 2.06. The molecule has 5 nitrogen and oxygen atoms in total. The lowest BCUT2D eigenvalue weighted by Gasteiger charge is -2.13. The lowest BCUT2D eigenvalue weighted by molar-refractivity contribution is 0.395. The maximum Gasteiger partial charge on any atom is 0.145 e. The molecule has 0 fully saturated rings. The topological polar surface area (TPSA) is 48.3 Å². The first-order chi connectivity index (χ1) is 9.28. The number of hydrogen-bond acceptors (Lipinski definition) is 4. The van der Waals surface area contributed by atoms with Gasteiger partial charge < -0.3 is 14.8 Å². The standard InChI is InChI=1S/C14H19N3O2/c1-4-17-11(7-8-16-17)10-15-13-6-5-12(18-2)9-14(13)19-3/h5-9,15H,4,10H2,1-3H3. The molecule has 0 saturated heterocycles. The highest BCUT2D eigenvalue weighted by atomic mass is 16.5. The van der Waals surface area contributed by atoms with Crippen LogP contribution in [0.15, 0.2) is 30.5 Å². The van der Waals surface area contributed by atoms with Gasteiger partial charge in [0.1, 0.15) is 11.5 Å². The van der Waals surface area contributed by atoms with Crippen molar-refractivity contribution in [1.82, 2.24) is 9.78 Å². The highest BCUT2D eigenvalue weighted by molar-refractivity contribution is 5.59. The van der Waals surface area contributed by atoms with Crippen LogP contribution < -0.4 is 14.8 Å². The molecule has 1 aromatic heterocycles. The van der Waals surface area contributed by atoms with E-state index in [4.69, 9.17) is 9.47 Å². The molecule has 1 heterocycles. The number of aromatic nitrogens is 2. The third-order valence-electron chi connectivity index (χ3n) is 2.97. The number of benzene rings is 1. The lowest BCUT2D eigenvalue weighted by atomic mass is 10.2. The Morgan fingerprint density at radius 3 is 2.74 bits per heavy atom. The summed E-state index contributed by atoms with van der Waals surface area (Å²) in [5, 5.41) is 7.59. The van der Waals surface area contributed by atoms with Crippen LogP contribution in [0.1, 0.15) is 12.6 Å². The SMILES string of the molecule is CCn1nccc1CNc1ccc(OC)cc1OC. The van der Waals surface area contributed by atoms with E-state index in [2.05, 4.69) is 17.3 Å². The number of anilines is 1. The van der Waals surface area contributed by atoms with Crippen LogP contribution in [0.3, 0.4) is 0 Å². The first-order valence-corrected chi connectivity index (χ1v) is 6.25. The molecule has 1 N–H and O–H groups in total. The van der Waals surface area contributed by atoms with E-state index >= 15 is 0 Å². The maximum absolute atomic E-state index is 5.35. The zero-order valence-corrected chi connectivity index (χ0v) is 11.5. The average Bonchev–Trinajstić information content (AvgIpc) is 2.92. The summed E-state index contributed by atoms with van der Waals surface area (Å²) in [6, 6.07) is 7.72. The fourth-order valence-electron chi connectivity index (χ4n) is 1.93. The Labute approximate surface area is 113 Å². The number of aryl methyl sites for hydroxylation is 1. The third kappa shape index (κ3) is 2.99. The van der Waals surface area contributed by atoms with E-state index in [1.54, 1.807) is 14.2 Å². The lowest BCUT2D eigenvalue weighted by Crippen LogP contribution is -2.08. The van der Waals surface area contributed by atoms with Crippen molar-refractivity contribution in [3.63, 3.8) is 0 Å². The molecule has 102 valence electrons. The summed E-state index contributed by atoms with van der Waals surface area (Å²) in [5.41, 5.74) is 2.08. The first kappa shape index (κ1) is 13.3. The molecule has 0 bridgehead atoms. The van der Waals surface area contributed by atoms with Gasteiger partial charge in [-0.15, -0.1) is 0 Å². The Balaban J connectivity index is 2.11. The molecule has 0 aliphatic heterocycles. The molecule has 5 heteroatoms. The van der Waals surface area contributed by atoms with Crippen LogP contribution in [0.2, 0.25) is 0 Å². The van der Waals surface area contributed by atoms with Crippen molar-refractivity contribution in [1.29, 1.82) is 0 Å². The van der Waals surface area contributed by atoms with Gasteiger partial charge in [-0.05, 0) is 25.1 Å². The van der Waals surface area contributed by atoms with E-state index in [-0.39, 0.29) is 0 Å². The fourth-order valence-corrected chi connectivity index (χ4v) is 1.93. The Bertz CT molecular complexity index is 537. The van der Waals surface area contributed by atoms with Crippen LogP contribution >= 0.6 is 0 Å². The average molecular weight is 261 g/mol. The number of hydrogen-bond donors (Lipinski definition) is 1. The smallest absolute Gasteiger partial charge is 0.145 e. The summed E-state index contributed by atoms with van der Waals surface area (Å²) < 4.78 is 12.5. The Morgan fingerprint density at radius 1 is 1.21 bits per heavy atom. The van der Waals surface area contributed by atoms with Crippen molar-refractivity contribution in [2.75, 3.05) is 19.5 Å². The second-order valence-corrected chi connectivity index (χ2v) is 4.06. The van der Waals surface area contributed by atoms with Crippen molar-refractivity contribution in [2.45, 2.75) is 20.0 Å². The van der Waals surface area contributed by atoms with Gasteiger partial charge in [-0.3, -0.25) is 4.68 Å². The zero-order chi connectivity index (χ0) is 13.7. The highest BCUT2D eigenvalue weighted by Crippen LogP contribution is 2.29. The minimum Gasteiger partial charge on any atom is -0.497 e. The van der Waals surface area contributed by atoms with Crippen LogP contribution in [0.4, 0.5) is 5.69 Å². The number of rotatable bonds is 6. The number of nitrogens with zero attached hydrogens (tertiary/aromatic N) is 2. The van der Waals surface area contributed by atoms with Gasteiger partial charge in [-0.2, -0.15) is 5.10 Å². The van der Waals surface area contributed by atoms with Gasteiger partial charge in [0.15, 0.2) is 0 Å². The first-order valence-electron chi connectivity index (χ1n) is 6.25. The van der Waals surface area contributed by atoms with E-state index in [0.717, 1.165) is 29.4 Å². The Hall–Kier alpha value is -2.17. The monoisotopic (exact) mass is 261 g/mol. The molecule has 1 aromatic carbocycles. The van der Waals surface area contributed by atoms with Crippen molar-refractivity contribution >= 4 is 5.69 Å². The molecule has 0 unspecified atom stereocenters. The van der Waals surface area contributed by atoms with Crippen LogP contribution in [-0.2, 0) is 13.1 Å².